The first-order valence-corrected chi connectivity index (χ1v) is 10.2. The number of carbonyl (C=O) groups is 3. The van der Waals surface area contributed by atoms with Crippen LogP contribution in [0.15, 0.2) is 42.7 Å². The Kier molecular flexibility index (Phi) is 7.96. The van der Waals surface area contributed by atoms with Crippen molar-refractivity contribution < 1.29 is 38.1 Å². The molecule has 0 amide bonds. The second kappa shape index (κ2) is 10.9. The number of nitrogens with zero attached hydrogens (tertiary/aromatic N) is 2. The van der Waals surface area contributed by atoms with E-state index < -0.39 is 42.5 Å². The molecule has 1 aliphatic heterocycles. The lowest BCUT2D eigenvalue weighted by Crippen LogP contribution is -2.54. The third-order valence-electron chi connectivity index (χ3n) is 4.65. The Bertz CT molecular complexity index is 929. The molecule has 2 aromatic rings. The molecule has 32 heavy (non-hydrogen) atoms. The smallest absolute Gasteiger partial charge is 0.303 e. The quantitative estimate of drug-likeness (QED) is 0.443. The zero-order valence-electron chi connectivity index (χ0n) is 18.1. The summed E-state index contributed by atoms with van der Waals surface area (Å²) in [5, 5.41) is 4.32. The van der Waals surface area contributed by atoms with Gasteiger partial charge in [0.25, 0.3) is 0 Å². The van der Waals surface area contributed by atoms with Crippen LogP contribution in [-0.4, -0.2) is 58.9 Å². The minimum absolute atomic E-state index is 0.140. The van der Waals surface area contributed by atoms with Crippen LogP contribution in [0.5, 0.6) is 0 Å². The summed E-state index contributed by atoms with van der Waals surface area (Å²) in [5.41, 5.74) is 1.72. The van der Waals surface area contributed by atoms with E-state index in [2.05, 4.69) is 5.10 Å². The van der Waals surface area contributed by atoms with Crippen molar-refractivity contribution in [1.29, 1.82) is 0 Å². The third kappa shape index (κ3) is 6.63. The van der Waals surface area contributed by atoms with Gasteiger partial charge in [-0.2, -0.15) is 5.10 Å². The number of hydrogen-bond acceptors (Lipinski definition) is 9. The summed E-state index contributed by atoms with van der Waals surface area (Å²) in [5.74, 6) is -1.63. The van der Waals surface area contributed by atoms with E-state index in [1.54, 1.807) is 10.9 Å². The molecule has 1 fully saturated rings. The SMILES string of the molecule is CC(=O)OCC1OC(OCc2cnn(-c3ccccc3)c2)CC(OC(C)=O)C1OC(C)=O. The van der Waals surface area contributed by atoms with Crippen LogP contribution >= 0.6 is 0 Å². The number of aromatic nitrogens is 2. The minimum atomic E-state index is -0.934. The summed E-state index contributed by atoms with van der Waals surface area (Å²) >= 11 is 0. The Balaban J connectivity index is 1.68. The van der Waals surface area contributed by atoms with Crippen LogP contribution in [0.25, 0.3) is 5.69 Å². The summed E-state index contributed by atoms with van der Waals surface area (Å²) in [6.07, 6.45) is 0.252. The van der Waals surface area contributed by atoms with Crippen LogP contribution < -0.4 is 0 Å². The topological polar surface area (TPSA) is 115 Å². The van der Waals surface area contributed by atoms with Gasteiger partial charge in [-0.05, 0) is 12.1 Å². The molecule has 10 heteroatoms. The van der Waals surface area contributed by atoms with E-state index in [0.717, 1.165) is 11.3 Å². The van der Waals surface area contributed by atoms with Crippen LogP contribution in [0.1, 0.15) is 32.8 Å². The summed E-state index contributed by atoms with van der Waals surface area (Å²) in [4.78, 5) is 34.4. The molecule has 0 saturated carbocycles. The van der Waals surface area contributed by atoms with Gasteiger partial charge in [-0.3, -0.25) is 14.4 Å². The first kappa shape index (κ1) is 23.4. The number of para-hydroxylation sites is 1. The van der Waals surface area contributed by atoms with Crippen LogP contribution in [0, 0.1) is 0 Å². The van der Waals surface area contributed by atoms with E-state index in [1.807, 2.05) is 36.5 Å². The van der Waals surface area contributed by atoms with Crippen molar-refractivity contribution in [2.24, 2.45) is 0 Å². The highest BCUT2D eigenvalue weighted by Crippen LogP contribution is 2.27. The summed E-state index contributed by atoms with van der Waals surface area (Å²) in [6.45, 7) is 3.75. The average molecular weight is 446 g/mol. The molecular formula is C22H26N2O8. The van der Waals surface area contributed by atoms with E-state index >= 15 is 0 Å². The molecule has 1 aromatic heterocycles. The van der Waals surface area contributed by atoms with Gasteiger partial charge in [0.05, 0.1) is 18.5 Å². The zero-order valence-corrected chi connectivity index (χ0v) is 18.1. The number of rotatable bonds is 8. The molecule has 0 N–H and O–H groups in total. The third-order valence-corrected chi connectivity index (χ3v) is 4.65. The Morgan fingerprint density at radius 3 is 2.44 bits per heavy atom. The summed E-state index contributed by atoms with van der Waals surface area (Å²) < 4.78 is 29.2. The Morgan fingerprint density at radius 2 is 1.78 bits per heavy atom. The fourth-order valence-electron chi connectivity index (χ4n) is 3.35. The number of benzene rings is 1. The van der Waals surface area contributed by atoms with Crippen molar-refractivity contribution in [2.45, 2.75) is 58.4 Å². The molecule has 3 rings (SSSR count). The Morgan fingerprint density at radius 1 is 1.06 bits per heavy atom. The van der Waals surface area contributed by atoms with Gasteiger partial charge >= 0.3 is 17.9 Å². The van der Waals surface area contributed by atoms with E-state index in [9.17, 15) is 14.4 Å². The molecule has 1 aromatic carbocycles. The van der Waals surface area contributed by atoms with Crippen LogP contribution in [0.3, 0.4) is 0 Å². The van der Waals surface area contributed by atoms with Crippen LogP contribution in [0.2, 0.25) is 0 Å². The normalized spacial score (nSPS) is 22.7. The average Bonchev–Trinajstić information content (AvgIpc) is 3.21. The molecule has 0 spiro atoms. The Labute approximate surface area is 185 Å². The van der Waals surface area contributed by atoms with Gasteiger partial charge in [-0.25, -0.2) is 4.68 Å². The molecule has 10 nitrogen and oxygen atoms in total. The predicted molar refractivity (Wildman–Crippen MR) is 109 cm³/mol. The highest BCUT2D eigenvalue weighted by molar-refractivity contribution is 5.67. The number of carbonyl (C=O) groups excluding carboxylic acids is 3. The molecule has 1 aliphatic rings. The maximum absolute atomic E-state index is 11.6. The van der Waals surface area contributed by atoms with E-state index in [-0.39, 0.29) is 19.6 Å². The lowest BCUT2D eigenvalue weighted by atomic mass is 10.0. The lowest BCUT2D eigenvalue weighted by molar-refractivity contribution is -0.269. The van der Waals surface area contributed by atoms with Gasteiger partial charge < -0.3 is 23.7 Å². The molecule has 0 aliphatic carbocycles. The van der Waals surface area contributed by atoms with Crippen molar-refractivity contribution in [3.63, 3.8) is 0 Å². The highest BCUT2D eigenvalue weighted by atomic mass is 16.7. The fraction of sp³-hybridized carbons (Fsp3) is 0.455. The maximum Gasteiger partial charge on any atom is 0.303 e. The van der Waals surface area contributed by atoms with Crippen molar-refractivity contribution in [1.82, 2.24) is 9.78 Å². The van der Waals surface area contributed by atoms with E-state index in [0.29, 0.717) is 0 Å². The molecule has 172 valence electrons. The largest absolute Gasteiger partial charge is 0.463 e. The molecule has 1 saturated heterocycles. The van der Waals surface area contributed by atoms with Crippen molar-refractivity contribution >= 4 is 17.9 Å². The van der Waals surface area contributed by atoms with Gasteiger partial charge in [0, 0.05) is 39.0 Å². The van der Waals surface area contributed by atoms with Crippen molar-refractivity contribution in [3.05, 3.63) is 48.3 Å². The van der Waals surface area contributed by atoms with E-state index in [1.165, 1.54) is 20.8 Å². The molecule has 4 atom stereocenters. The van der Waals surface area contributed by atoms with Gasteiger partial charge in [-0.15, -0.1) is 0 Å². The first-order valence-electron chi connectivity index (χ1n) is 10.2. The highest BCUT2D eigenvalue weighted by Gasteiger charge is 2.44. The molecule has 2 heterocycles. The minimum Gasteiger partial charge on any atom is -0.463 e. The summed E-state index contributed by atoms with van der Waals surface area (Å²) in [6, 6.07) is 9.62. The van der Waals surface area contributed by atoms with Crippen molar-refractivity contribution in [3.8, 4) is 5.69 Å². The number of ether oxygens (including phenoxy) is 5. The monoisotopic (exact) mass is 446 g/mol. The predicted octanol–water partition coefficient (Wildman–Crippen LogP) is 1.93. The second-order valence-electron chi connectivity index (χ2n) is 7.30. The second-order valence-corrected chi connectivity index (χ2v) is 7.30. The first-order chi connectivity index (χ1) is 15.3. The molecule has 4 unspecified atom stereocenters. The van der Waals surface area contributed by atoms with Crippen molar-refractivity contribution in [2.75, 3.05) is 6.61 Å². The standard InChI is InChI=1S/C22H26N2O8/c1-14(25)28-13-20-22(31-16(3)27)19(30-15(2)26)9-21(32-20)29-12-17-10-23-24(11-17)18-7-5-4-6-8-18/h4-8,10-11,19-22H,9,12-13H2,1-3H3. The van der Waals surface area contributed by atoms with Crippen LogP contribution in [-0.2, 0) is 44.7 Å². The lowest BCUT2D eigenvalue weighted by Gasteiger charge is -2.39. The van der Waals surface area contributed by atoms with Gasteiger partial charge in [-0.1, -0.05) is 18.2 Å². The zero-order chi connectivity index (χ0) is 23.1. The Hall–Kier alpha value is -3.24. The number of esters is 3. The molecule has 0 radical (unpaired) electrons. The van der Waals surface area contributed by atoms with Gasteiger partial charge in [0.1, 0.15) is 18.8 Å². The van der Waals surface area contributed by atoms with Gasteiger partial charge in [0.2, 0.25) is 0 Å². The molecular weight excluding hydrogens is 420 g/mol. The van der Waals surface area contributed by atoms with Crippen LogP contribution in [0.4, 0.5) is 0 Å². The maximum atomic E-state index is 11.6. The summed E-state index contributed by atoms with van der Waals surface area (Å²) in [7, 11) is 0. The van der Waals surface area contributed by atoms with Gasteiger partial charge in [0.15, 0.2) is 12.4 Å². The van der Waals surface area contributed by atoms with E-state index in [4.69, 9.17) is 23.7 Å². The fourth-order valence-corrected chi connectivity index (χ4v) is 3.35. The number of hydrogen-bond donors (Lipinski definition) is 0. The molecule has 0 bridgehead atoms.